The highest BCUT2D eigenvalue weighted by Crippen LogP contribution is 2.37. The molecule has 1 aliphatic heterocycles. The van der Waals surface area contributed by atoms with Crippen molar-refractivity contribution in [2.75, 3.05) is 13.7 Å². The zero-order valence-corrected chi connectivity index (χ0v) is 8.92. The maximum Gasteiger partial charge on any atom is 0.229 e. The highest BCUT2D eigenvalue weighted by Gasteiger charge is 2.41. The van der Waals surface area contributed by atoms with Crippen LogP contribution in [0.2, 0.25) is 0 Å². The van der Waals surface area contributed by atoms with Crippen LogP contribution < -0.4 is 5.32 Å². The van der Waals surface area contributed by atoms with E-state index in [1.165, 1.54) is 0 Å². The molecule has 0 aromatic carbocycles. The van der Waals surface area contributed by atoms with Crippen LogP contribution in [0.4, 0.5) is 0 Å². The van der Waals surface area contributed by atoms with Gasteiger partial charge in [-0.2, -0.15) is 0 Å². The van der Waals surface area contributed by atoms with Crippen molar-refractivity contribution in [3.8, 4) is 0 Å². The SMILES string of the molecule is COCCC1(C)CC(=O)NC(=O)C1C. The molecule has 2 atom stereocenters. The molecule has 4 heteroatoms. The van der Waals surface area contributed by atoms with Crippen molar-refractivity contribution in [2.24, 2.45) is 11.3 Å². The fraction of sp³-hybridized carbons (Fsp3) is 0.800. The van der Waals surface area contributed by atoms with E-state index in [1.807, 2.05) is 13.8 Å². The molecule has 0 spiro atoms. The van der Waals surface area contributed by atoms with E-state index in [-0.39, 0.29) is 23.1 Å². The topological polar surface area (TPSA) is 55.4 Å². The first-order valence-corrected chi connectivity index (χ1v) is 4.82. The zero-order valence-electron chi connectivity index (χ0n) is 8.92. The fourth-order valence-corrected chi connectivity index (χ4v) is 1.77. The number of methoxy groups -OCH3 is 1. The summed E-state index contributed by atoms with van der Waals surface area (Å²) in [4.78, 5) is 22.6. The summed E-state index contributed by atoms with van der Waals surface area (Å²) in [5.74, 6) is -0.470. The first kappa shape index (κ1) is 11.2. The standard InChI is InChI=1S/C10H17NO3/c1-7-9(13)11-8(12)6-10(7,2)4-5-14-3/h7H,4-6H2,1-3H3,(H,11,12,13). The van der Waals surface area contributed by atoms with E-state index in [0.29, 0.717) is 13.0 Å². The van der Waals surface area contributed by atoms with Crippen LogP contribution >= 0.6 is 0 Å². The normalized spacial score (nSPS) is 32.9. The Morgan fingerprint density at radius 1 is 1.57 bits per heavy atom. The molecule has 1 aliphatic rings. The van der Waals surface area contributed by atoms with Crippen LogP contribution in [-0.4, -0.2) is 25.5 Å². The lowest BCUT2D eigenvalue weighted by atomic mass is 9.70. The molecule has 1 N–H and O–H groups in total. The number of piperidine rings is 1. The third kappa shape index (κ3) is 2.12. The van der Waals surface area contributed by atoms with Gasteiger partial charge in [-0.15, -0.1) is 0 Å². The third-order valence-corrected chi connectivity index (χ3v) is 3.14. The molecule has 0 saturated carbocycles. The van der Waals surface area contributed by atoms with Crippen molar-refractivity contribution in [2.45, 2.75) is 26.7 Å². The minimum Gasteiger partial charge on any atom is -0.385 e. The van der Waals surface area contributed by atoms with Gasteiger partial charge in [-0.1, -0.05) is 13.8 Å². The Balaban J connectivity index is 2.72. The Morgan fingerprint density at radius 2 is 2.21 bits per heavy atom. The number of rotatable bonds is 3. The largest absolute Gasteiger partial charge is 0.385 e. The smallest absolute Gasteiger partial charge is 0.229 e. The van der Waals surface area contributed by atoms with Crippen molar-refractivity contribution >= 4 is 11.8 Å². The first-order chi connectivity index (χ1) is 6.49. The van der Waals surface area contributed by atoms with Crippen LogP contribution in [-0.2, 0) is 14.3 Å². The highest BCUT2D eigenvalue weighted by atomic mass is 16.5. The van der Waals surface area contributed by atoms with Gasteiger partial charge in [0.15, 0.2) is 0 Å². The maximum atomic E-state index is 11.4. The van der Waals surface area contributed by atoms with Gasteiger partial charge >= 0.3 is 0 Å². The van der Waals surface area contributed by atoms with Crippen molar-refractivity contribution in [1.29, 1.82) is 0 Å². The third-order valence-electron chi connectivity index (χ3n) is 3.14. The maximum absolute atomic E-state index is 11.4. The molecule has 14 heavy (non-hydrogen) atoms. The van der Waals surface area contributed by atoms with Gasteiger partial charge in [-0.05, 0) is 11.8 Å². The first-order valence-electron chi connectivity index (χ1n) is 4.82. The predicted molar refractivity (Wildman–Crippen MR) is 51.5 cm³/mol. The number of carbonyl (C=O) groups excluding carboxylic acids is 2. The second kappa shape index (κ2) is 4.09. The van der Waals surface area contributed by atoms with Crippen LogP contribution in [0.15, 0.2) is 0 Å². The van der Waals surface area contributed by atoms with Gasteiger partial charge in [-0.25, -0.2) is 0 Å². The molecule has 0 radical (unpaired) electrons. The summed E-state index contributed by atoms with van der Waals surface area (Å²) in [7, 11) is 1.62. The summed E-state index contributed by atoms with van der Waals surface area (Å²) >= 11 is 0. The van der Waals surface area contributed by atoms with Gasteiger partial charge in [0, 0.05) is 26.1 Å². The van der Waals surface area contributed by atoms with Crippen LogP contribution in [0.3, 0.4) is 0 Å². The second-order valence-electron chi connectivity index (χ2n) is 4.21. The second-order valence-corrected chi connectivity index (χ2v) is 4.21. The van der Waals surface area contributed by atoms with Gasteiger partial charge in [0.1, 0.15) is 0 Å². The van der Waals surface area contributed by atoms with E-state index in [1.54, 1.807) is 7.11 Å². The van der Waals surface area contributed by atoms with Crippen LogP contribution in [0.25, 0.3) is 0 Å². The number of nitrogens with one attached hydrogen (secondary N) is 1. The number of hydrogen-bond acceptors (Lipinski definition) is 3. The molecule has 1 fully saturated rings. The summed E-state index contributed by atoms with van der Waals surface area (Å²) in [5, 5.41) is 2.34. The van der Waals surface area contributed by atoms with E-state index in [2.05, 4.69) is 5.32 Å². The predicted octanol–water partition coefficient (Wildman–Crippen LogP) is 0.712. The molecule has 2 amide bonds. The van der Waals surface area contributed by atoms with Crippen molar-refractivity contribution < 1.29 is 14.3 Å². The number of ether oxygens (including phenoxy) is 1. The molecule has 80 valence electrons. The van der Waals surface area contributed by atoms with E-state index < -0.39 is 0 Å². The van der Waals surface area contributed by atoms with Crippen molar-refractivity contribution in [3.63, 3.8) is 0 Å². The molecule has 0 aromatic heterocycles. The Bertz CT molecular complexity index is 252. The van der Waals surface area contributed by atoms with E-state index in [9.17, 15) is 9.59 Å². The van der Waals surface area contributed by atoms with Gasteiger partial charge in [-0.3, -0.25) is 14.9 Å². The van der Waals surface area contributed by atoms with Crippen molar-refractivity contribution in [1.82, 2.24) is 5.32 Å². The lowest BCUT2D eigenvalue weighted by Gasteiger charge is -2.37. The molecule has 0 aliphatic carbocycles. The molecule has 1 saturated heterocycles. The van der Waals surface area contributed by atoms with Gasteiger partial charge in [0.25, 0.3) is 0 Å². The van der Waals surface area contributed by atoms with Crippen LogP contribution in [0.5, 0.6) is 0 Å². The summed E-state index contributed by atoms with van der Waals surface area (Å²) in [6.45, 7) is 4.41. The molecule has 2 unspecified atom stereocenters. The van der Waals surface area contributed by atoms with E-state index in [4.69, 9.17) is 4.74 Å². The van der Waals surface area contributed by atoms with Crippen LogP contribution in [0.1, 0.15) is 26.7 Å². The molecular weight excluding hydrogens is 182 g/mol. The van der Waals surface area contributed by atoms with Gasteiger partial charge in [0.2, 0.25) is 11.8 Å². The van der Waals surface area contributed by atoms with E-state index in [0.717, 1.165) is 6.42 Å². The molecule has 4 nitrogen and oxygen atoms in total. The lowest BCUT2D eigenvalue weighted by molar-refractivity contribution is -0.143. The summed E-state index contributed by atoms with van der Waals surface area (Å²) in [6.07, 6.45) is 1.15. The number of amides is 2. The number of carbonyl (C=O) groups is 2. The Labute approximate surface area is 84.0 Å². The average molecular weight is 199 g/mol. The number of hydrogen-bond donors (Lipinski definition) is 1. The summed E-state index contributed by atoms with van der Waals surface area (Å²) in [6, 6.07) is 0. The lowest BCUT2D eigenvalue weighted by Crippen LogP contribution is -2.50. The Hall–Kier alpha value is -0.900. The number of imide groups is 1. The minimum absolute atomic E-state index is 0.129. The monoisotopic (exact) mass is 199 g/mol. The average Bonchev–Trinajstić information content (AvgIpc) is 2.11. The van der Waals surface area contributed by atoms with Crippen molar-refractivity contribution in [3.05, 3.63) is 0 Å². The Kier molecular flexibility index (Phi) is 3.26. The zero-order chi connectivity index (χ0) is 10.8. The van der Waals surface area contributed by atoms with Gasteiger partial charge in [0.05, 0.1) is 0 Å². The quantitative estimate of drug-likeness (QED) is 0.681. The highest BCUT2D eigenvalue weighted by molar-refractivity contribution is 5.99. The molecule has 1 heterocycles. The molecule has 0 aromatic rings. The molecular formula is C10H17NO3. The molecule has 1 rings (SSSR count). The summed E-state index contributed by atoms with van der Waals surface area (Å²) in [5.41, 5.74) is -0.255. The van der Waals surface area contributed by atoms with E-state index >= 15 is 0 Å². The molecule has 0 bridgehead atoms. The fourth-order valence-electron chi connectivity index (χ4n) is 1.77. The Morgan fingerprint density at radius 3 is 2.79 bits per heavy atom. The minimum atomic E-state index is -0.255. The van der Waals surface area contributed by atoms with Crippen LogP contribution in [0, 0.1) is 11.3 Å². The van der Waals surface area contributed by atoms with Gasteiger partial charge < -0.3 is 4.74 Å². The summed E-state index contributed by atoms with van der Waals surface area (Å²) < 4.78 is 4.99.